The van der Waals surface area contributed by atoms with Crippen LogP contribution in [0, 0.1) is 12.3 Å². The molecule has 0 aliphatic heterocycles. The molecule has 0 fully saturated rings. The average molecular weight is 345 g/mol. The molecule has 0 saturated carbocycles. The van der Waals surface area contributed by atoms with Crippen molar-refractivity contribution in [2.24, 2.45) is 0 Å². The van der Waals surface area contributed by atoms with Crippen molar-refractivity contribution < 1.29 is 14.3 Å². The summed E-state index contributed by atoms with van der Waals surface area (Å²) in [5.74, 6) is 2.40. The summed E-state index contributed by atoms with van der Waals surface area (Å²) in [4.78, 5) is 11.7. The molecular formula is C17H13BrO3. The van der Waals surface area contributed by atoms with Gasteiger partial charge in [-0.2, -0.15) is 0 Å². The number of ether oxygens (including phenoxy) is 2. The Balaban J connectivity index is 1.99. The summed E-state index contributed by atoms with van der Waals surface area (Å²) < 4.78 is 11.6. The van der Waals surface area contributed by atoms with Crippen LogP contribution in [0.2, 0.25) is 0 Å². The summed E-state index contributed by atoms with van der Waals surface area (Å²) in [6, 6.07) is 14.7. The first kappa shape index (κ1) is 15.1. The summed E-state index contributed by atoms with van der Waals surface area (Å²) in [6.07, 6.45) is 5.05. The number of halogens is 1. The lowest BCUT2D eigenvalue weighted by molar-refractivity contribution is 0.0556. The number of hydrogen-bond acceptors (Lipinski definition) is 3. The average Bonchev–Trinajstić information content (AvgIpc) is 2.52. The number of carbonyl (C=O) groups excluding carboxylic acids is 1. The first-order chi connectivity index (χ1) is 10.2. The second-order valence-corrected chi connectivity index (χ2v) is 5.14. The molecule has 2 aromatic rings. The largest absolute Gasteiger partial charge is 0.489 e. The van der Waals surface area contributed by atoms with Crippen molar-refractivity contribution in [2.45, 2.75) is 6.61 Å². The number of hydrogen-bond donors (Lipinski definition) is 0. The number of carbonyl (C=O) groups is 1. The Morgan fingerprint density at radius 3 is 2.67 bits per heavy atom. The lowest BCUT2D eigenvalue weighted by Gasteiger charge is -2.08. The van der Waals surface area contributed by atoms with E-state index in [1.54, 1.807) is 24.3 Å². The Kier molecular flexibility index (Phi) is 5.42. The molecule has 0 spiro atoms. The highest BCUT2D eigenvalue weighted by Gasteiger charge is 2.07. The van der Waals surface area contributed by atoms with Crippen LogP contribution in [0.1, 0.15) is 15.9 Å². The minimum atomic E-state index is -0.456. The van der Waals surface area contributed by atoms with Crippen molar-refractivity contribution in [1.82, 2.24) is 0 Å². The maximum Gasteiger partial charge on any atom is 0.339 e. The Morgan fingerprint density at radius 2 is 1.95 bits per heavy atom. The Morgan fingerprint density at radius 1 is 1.19 bits per heavy atom. The number of rotatable bonds is 5. The summed E-state index contributed by atoms with van der Waals surface area (Å²) in [5, 5.41) is 0. The van der Waals surface area contributed by atoms with Crippen LogP contribution in [-0.4, -0.2) is 12.6 Å². The third-order valence-corrected chi connectivity index (χ3v) is 3.20. The lowest BCUT2D eigenvalue weighted by atomic mass is 10.2. The maximum atomic E-state index is 11.7. The molecule has 4 heteroatoms. The molecule has 0 N–H and O–H groups in total. The van der Waals surface area contributed by atoms with Crippen LogP contribution in [0.25, 0.3) is 0 Å². The first-order valence-electron chi connectivity index (χ1n) is 6.27. The standard InChI is InChI=1S/C17H13BrO3/c1-2-10-20-17(19)14-4-3-5-16(11-14)21-12-13-6-8-15(18)9-7-13/h1,3-9,11H,10,12H2. The van der Waals surface area contributed by atoms with Gasteiger partial charge in [-0.05, 0) is 35.9 Å². The predicted octanol–water partition coefficient (Wildman–Crippen LogP) is 3.82. The van der Waals surface area contributed by atoms with Gasteiger partial charge < -0.3 is 9.47 Å². The van der Waals surface area contributed by atoms with Crippen LogP contribution < -0.4 is 4.74 Å². The quantitative estimate of drug-likeness (QED) is 0.611. The van der Waals surface area contributed by atoms with Crippen LogP contribution >= 0.6 is 15.9 Å². The fourth-order valence-corrected chi connectivity index (χ4v) is 1.92. The van der Waals surface area contributed by atoms with Gasteiger partial charge in [0.2, 0.25) is 0 Å². The molecule has 0 heterocycles. The van der Waals surface area contributed by atoms with Crippen molar-refractivity contribution in [3.63, 3.8) is 0 Å². The van der Waals surface area contributed by atoms with Gasteiger partial charge in [0.25, 0.3) is 0 Å². The van der Waals surface area contributed by atoms with Crippen molar-refractivity contribution in [3.8, 4) is 18.1 Å². The summed E-state index contributed by atoms with van der Waals surface area (Å²) in [6.45, 7) is 0.388. The Bertz CT molecular complexity index is 656. The minimum absolute atomic E-state index is 0.0389. The number of terminal acetylenes is 1. The van der Waals surface area contributed by atoms with Gasteiger partial charge in [0, 0.05) is 4.47 Å². The van der Waals surface area contributed by atoms with E-state index >= 15 is 0 Å². The predicted molar refractivity (Wildman–Crippen MR) is 84.0 cm³/mol. The van der Waals surface area contributed by atoms with Crippen molar-refractivity contribution in [3.05, 3.63) is 64.1 Å². The van der Waals surface area contributed by atoms with E-state index in [1.165, 1.54) is 0 Å². The van der Waals surface area contributed by atoms with E-state index in [-0.39, 0.29) is 6.61 Å². The Hall–Kier alpha value is -2.25. The molecule has 3 nitrogen and oxygen atoms in total. The molecule has 21 heavy (non-hydrogen) atoms. The fraction of sp³-hybridized carbons (Fsp3) is 0.118. The summed E-state index contributed by atoms with van der Waals surface area (Å²) >= 11 is 3.38. The smallest absolute Gasteiger partial charge is 0.339 e. The second kappa shape index (κ2) is 7.51. The van der Waals surface area contributed by atoms with E-state index in [1.807, 2.05) is 24.3 Å². The third kappa shape index (κ3) is 4.66. The van der Waals surface area contributed by atoms with Crippen LogP contribution in [0.4, 0.5) is 0 Å². The van der Waals surface area contributed by atoms with E-state index in [0.29, 0.717) is 17.9 Å². The molecule has 0 unspecified atom stereocenters. The summed E-state index contributed by atoms with van der Waals surface area (Å²) in [7, 11) is 0. The lowest BCUT2D eigenvalue weighted by Crippen LogP contribution is -2.05. The highest BCUT2D eigenvalue weighted by Crippen LogP contribution is 2.17. The van der Waals surface area contributed by atoms with Crippen molar-refractivity contribution in [2.75, 3.05) is 6.61 Å². The third-order valence-electron chi connectivity index (χ3n) is 2.68. The highest BCUT2D eigenvalue weighted by atomic mass is 79.9. The van der Waals surface area contributed by atoms with Gasteiger partial charge in [-0.25, -0.2) is 4.79 Å². The van der Waals surface area contributed by atoms with Gasteiger partial charge in [0.15, 0.2) is 6.61 Å². The zero-order valence-corrected chi connectivity index (χ0v) is 12.8. The van der Waals surface area contributed by atoms with Gasteiger partial charge in [0.05, 0.1) is 5.56 Å². The summed E-state index contributed by atoms with van der Waals surface area (Å²) in [5.41, 5.74) is 1.46. The number of esters is 1. The van der Waals surface area contributed by atoms with Gasteiger partial charge >= 0.3 is 5.97 Å². The van der Waals surface area contributed by atoms with E-state index < -0.39 is 5.97 Å². The minimum Gasteiger partial charge on any atom is -0.489 e. The molecule has 106 valence electrons. The van der Waals surface area contributed by atoms with Crippen LogP contribution in [0.15, 0.2) is 53.0 Å². The van der Waals surface area contributed by atoms with Gasteiger partial charge in [-0.1, -0.05) is 40.0 Å². The molecule has 0 atom stereocenters. The molecule has 0 amide bonds. The van der Waals surface area contributed by atoms with Gasteiger partial charge in [-0.15, -0.1) is 6.42 Å². The van der Waals surface area contributed by atoms with Crippen LogP contribution in [0.3, 0.4) is 0 Å². The molecule has 2 aromatic carbocycles. The molecule has 0 aliphatic rings. The molecule has 0 radical (unpaired) electrons. The van der Waals surface area contributed by atoms with E-state index in [2.05, 4.69) is 21.9 Å². The van der Waals surface area contributed by atoms with Gasteiger partial charge in [0.1, 0.15) is 12.4 Å². The van der Waals surface area contributed by atoms with E-state index in [4.69, 9.17) is 15.9 Å². The van der Waals surface area contributed by atoms with Crippen molar-refractivity contribution >= 4 is 21.9 Å². The highest BCUT2D eigenvalue weighted by molar-refractivity contribution is 9.10. The molecule has 2 rings (SSSR count). The second-order valence-electron chi connectivity index (χ2n) is 4.22. The SMILES string of the molecule is C#CCOC(=O)c1cccc(OCc2ccc(Br)cc2)c1. The monoisotopic (exact) mass is 344 g/mol. The maximum absolute atomic E-state index is 11.7. The van der Waals surface area contributed by atoms with Crippen molar-refractivity contribution in [1.29, 1.82) is 0 Å². The zero-order valence-electron chi connectivity index (χ0n) is 11.2. The Labute approximate surface area is 132 Å². The first-order valence-corrected chi connectivity index (χ1v) is 7.06. The van der Waals surface area contributed by atoms with E-state index in [9.17, 15) is 4.79 Å². The van der Waals surface area contributed by atoms with Crippen LogP contribution in [-0.2, 0) is 11.3 Å². The molecule has 0 aromatic heterocycles. The molecule has 0 bridgehead atoms. The van der Waals surface area contributed by atoms with Crippen LogP contribution in [0.5, 0.6) is 5.75 Å². The molecular weight excluding hydrogens is 332 g/mol. The molecule has 0 saturated heterocycles. The topological polar surface area (TPSA) is 35.5 Å². The van der Waals surface area contributed by atoms with Gasteiger partial charge in [-0.3, -0.25) is 0 Å². The number of benzene rings is 2. The zero-order chi connectivity index (χ0) is 15.1. The fourth-order valence-electron chi connectivity index (χ4n) is 1.65. The normalized spacial score (nSPS) is 9.71. The van der Waals surface area contributed by atoms with E-state index in [0.717, 1.165) is 10.0 Å². The molecule has 0 aliphatic carbocycles.